The van der Waals surface area contributed by atoms with Crippen molar-refractivity contribution in [2.45, 2.75) is 107 Å². The number of halogens is 2. The van der Waals surface area contributed by atoms with E-state index in [-0.39, 0.29) is 46.6 Å². The molecule has 0 radical (unpaired) electrons. The summed E-state index contributed by atoms with van der Waals surface area (Å²) in [4.78, 5) is 46.0. The molecule has 0 fully saturated rings. The van der Waals surface area contributed by atoms with Crippen molar-refractivity contribution in [2.75, 3.05) is 40.3 Å². The first-order valence-corrected chi connectivity index (χ1v) is 19.7. The Balaban J connectivity index is -0.000000601. The highest BCUT2D eigenvalue weighted by Crippen LogP contribution is 2.23. The molecular formula is C41H69BrClN3O6. The average Bonchev–Trinajstić information content (AvgIpc) is 3.17. The van der Waals surface area contributed by atoms with Crippen LogP contribution in [0, 0.1) is 23.7 Å². The summed E-state index contributed by atoms with van der Waals surface area (Å²) in [5.74, 6) is 2.77. The summed E-state index contributed by atoms with van der Waals surface area (Å²) in [6, 6.07) is 15.3. The number of nitrogens with zero attached hydrogens (tertiary/aromatic N) is 1. The van der Waals surface area contributed by atoms with E-state index in [0.717, 1.165) is 73.0 Å². The fourth-order valence-corrected chi connectivity index (χ4v) is 5.48. The predicted molar refractivity (Wildman–Crippen MR) is 222 cm³/mol. The first-order chi connectivity index (χ1) is 24.7. The molecule has 2 aromatic rings. The quantitative estimate of drug-likeness (QED) is 0.173. The Hall–Kier alpha value is -3.11. The highest BCUT2D eigenvalue weighted by Gasteiger charge is 2.20. The zero-order chi connectivity index (χ0) is 40.6. The molecule has 3 amide bonds. The molecule has 2 aromatic carbocycles. The van der Waals surface area contributed by atoms with E-state index in [1.165, 1.54) is 0 Å². The van der Waals surface area contributed by atoms with Gasteiger partial charge in [-0.1, -0.05) is 83.5 Å². The van der Waals surface area contributed by atoms with Gasteiger partial charge in [0.1, 0.15) is 11.5 Å². The van der Waals surface area contributed by atoms with E-state index in [9.17, 15) is 19.2 Å². The molecule has 0 heterocycles. The molecule has 0 atom stereocenters. The van der Waals surface area contributed by atoms with Gasteiger partial charge in [-0.2, -0.15) is 0 Å². The van der Waals surface area contributed by atoms with Crippen molar-refractivity contribution in [2.24, 2.45) is 23.7 Å². The molecule has 0 aliphatic heterocycles. The second-order valence-electron chi connectivity index (χ2n) is 11.8. The van der Waals surface area contributed by atoms with E-state index in [4.69, 9.17) is 21.1 Å². The first kappa shape index (κ1) is 53.2. The van der Waals surface area contributed by atoms with Gasteiger partial charge in [-0.05, 0) is 93.3 Å². The molecule has 0 bridgehead atoms. The number of hydrogen-bond donors (Lipinski definition) is 2. The second kappa shape index (κ2) is 33.7. The van der Waals surface area contributed by atoms with Crippen LogP contribution in [0.4, 0.5) is 5.69 Å². The number of benzene rings is 2. The molecule has 0 unspecified atom stereocenters. The van der Waals surface area contributed by atoms with Crippen LogP contribution in [0.15, 0.2) is 53.0 Å². The molecule has 11 heteroatoms. The van der Waals surface area contributed by atoms with Gasteiger partial charge >= 0.3 is 0 Å². The van der Waals surface area contributed by atoms with Crippen LogP contribution in [0.25, 0.3) is 0 Å². The monoisotopic (exact) mass is 813 g/mol. The maximum atomic E-state index is 12.2. The van der Waals surface area contributed by atoms with Crippen LogP contribution in [-0.4, -0.2) is 58.3 Å². The maximum absolute atomic E-state index is 12.2. The molecule has 0 spiro atoms. The number of carbonyl (C=O) groups is 4. The Bertz CT molecular complexity index is 1210. The van der Waals surface area contributed by atoms with Gasteiger partial charge in [0.25, 0.3) is 0 Å². The van der Waals surface area contributed by atoms with E-state index in [1.807, 2.05) is 111 Å². The van der Waals surface area contributed by atoms with Crippen LogP contribution >= 0.6 is 27.5 Å². The van der Waals surface area contributed by atoms with Crippen molar-refractivity contribution in [3.63, 3.8) is 0 Å². The van der Waals surface area contributed by atoms with Gasteiger partial charge in [-0.15, -0.1) is 0 Å². The Morgan fingerprint density at radius 3 is 1.25 bits per heavy atom. The number of hydrogen-bond acceptors (Lipinski definition) is 6. The van der Waals surface area contributed by atoms with Crippen molar-refractivity contribution >= 4 is 56.2 Å². The Kier molecular flexibility index (Phi) is 34.5. The number of rotatable bonds is 15. The minimum Gasteiger partial charge on any atom is -0.497 e. The summed E-state index contributed by atoms with van der Waals surface area (Å²) in [6.45, 7) is 16.2. The summed E-state index contributed by atoms with van der Waals surface area (Å²) in [6.07, 6.45) is 7.24. The van der Waals surface area contributed by atoms with Crippen LogP contribution < -0.4 is 25.0 Å². The minimum absolute atomic E-state index is 0.0802. The topological polar surface area (TPSA) is 114 Å². The lowest BCUT2D eigenvalue weighted by molar-refractivity contribution is -0.125. The smallest absolute Gasteiger partial charge is 0.229 e. The summed E-state index contributed by atoms with van der Waals surface area (Å²) >= 11 is 8.53. The zero-order valence-corrected chi connectivity index (χ0v) is 36.6. The molecular weight excluding hydrogens is 746 g/mol. The van der Waals surface area contributed by atoms with E-state index in [0.29, 0.717) is 0 Å². The lowest BCUT2D eigenvalue weighted by Crippen LogP contribution is -2.32. The van der Waals surface area contributed by atoms with Crippen LogP contribution in [0.3, 0.4) is 0 Å². The molecule has 2 N–H and O–H groups in total. The second-order valence-corrected chi connectivity index (χ2v) is 13.1. The van der Waals surface area contributed by atoms with E-state index in [1.54, 1.807) is 33.2 Å². The van der Waals surface area contributed by atoms with Crippen molar-refractivity contribution in [1.82, 2.24) is 10.6 Å². The van der Waals surface area contributed by atoms with Crippen LogP contribution in [0.1, 0.15) is 107 Å². The summed E-state index contributed by atoms with van der Waals surface area (Å²) in [5, 5.41) is 5.06. The van der Waals surface area contributed by atoms with Gasteiger partial charge in [-0.3, -0.25) is 19.2 Å². The molecule has 2 rings (SSSR count). The lowest BCUT2D eigenvalue weighted by Gasteiger charge is -2.22. The fraction of sp³-hybridized carbons (Fsp3) is 0.610. The minimum atomic E-state index is -0.199. The molecule has 0 aliphatic carbocycles. The Labute approximate surface area is 329 Å². The Morgan fingerprint density at radius 2 is 1.00 bits per heavy atom. The van der Waals surface area contributed by atoms with Gasteiger partial charge in [0.15, 0.2) is 0 Å². The van der Waals surface area contributed by atoms with Gasteiger partial charge in [0.05, 0.1) is 14.2 Å². The van der Waals surface area contributed by atoms with Crippen LogP contribution in [0.2, 0.25) is 0 Å². The van der Waals surface area contributed by atoms with Gasteiger partial charge < -0.3 is 25.0 Å². The Morgan fingerprint density at radius 1 is 0.635 bits per heavy atom. The fourth-order valence-electron chi connectivity index (χ4n) is 4.79. The third-order valence-corrected chi connectivity index (χ3v) is 9.45. The number of methoxy groups -OCH3 is 2. The number of amides is 3. The number of ether oxygens (including phenoxy) is 2. The van der Waals surface area contributed by atoms with E-state index < -0.39 is 0 Å². The SMILES string of the molecule is CCC(CC)C(=O)Cl.CCC(CC)C(=O)N(C)c1cccc(OC)c1.CCC(CC)C(=O)NC.CCC(CC)C(=O)NC.COc1cccc(Br)c1. The summed E-state index contributed by atoms with van der Waals surface area (Å²) in [5.41, 5.74) is 0.876. The lowest BCUT2D eigenvalue weighted by atomic mass is 10.0. The van der Waals surface area contributed by atoms with Crippen LogP contribution in [0.5, 0.6) is 11.5 Å². The van der Waals surface area contributed by atoms with Gasteiger partial charge in [0.2, 0.25) is 23.0 Å². The highest BCUT2D eigenvalue weighted by molar-refractivity contribution is 9.10. The zero-order valence-electron chi connectivity index (χ0n) is 34.2. The van der Waals surface area contributed by atoms with Crippen LogP contribution in [-0.2, 0) is 19.2 Å². The normalized spacial score (nSPS) is 9.90. The molecule has 0 saturated carbocycles. The number of nitrogens with one attached hydrogen (secondary N) is 2. The number of anilines is 1. The van der Waals surface area contributed by atoms with Gasteiger partial charge in [-0.25, -0.2) is 0 Å². The average molecular weight is 815 g/mol. The maximum Gasteiger partial charge on any atom is 0.229 e. The predicted octanol–water partition coefficient (Wildman–Crippen LogP) is 10.1. The van der Waals surface area contributed by atoms with Crippen molar-refractivity contribution in [1.29, 1.82) is 0 Å². The standard InChI is InChI=1S/C14H21NO2.C7H7BrO.2C7H15NO.C6H11ClO/c1-5-11(6-2)14(16)15(3)12-8-7-9-13(10-12)17-4;1-9-7-4-2-3-6(8)5-7;2*1-4-6(5-2)7(9)8-3;1-3-5(4-2)6(7)8/h7-11H,5-6H2,1-4H3;2-5H,1H3;2*6H,4-5H2,1-3H3,(H,8,9);5H,3-4H2,1-2H3. The summed E-state index contributed by atoms with van der Waals surface area (Å²) < 4.78 is 11.2. The van der Waals surface area contributed by atoms with Crippen molar-refractivity contribution in [3.05, 3.63) is 53.0 Å². The summed E-state index contributed by atoms with van der Waals surface area (Å²) in [7, 11) is 8.46. The third-order valence-electron chi connectivity index (χ3n) is 8.65. The van der Waals surface area contributed by atoms with Gasteiger partial charge in [0, 0.05) is 61.0 Å². The van der Waals surface area contributed by atoms with Crippen molar-refractivity contribution < 1.29 is 28.7 Å². The number of carbonyl (C=O) groups excluding carboxylic acids is 4. The molecule has 0 aromatic heterocycles. The highest BCUT2D eigenvalue weighted by atomic mass is 79.9. The van der Waals surface area contributed by atoms with Crippen molar-refractivity contribution in [3.8, 4) is 11.5 Å². The largest absolute Gasteiger partial charge is 0.497 e. The van der Waals surface area contributed by atoms with E-state index >= 15 is 0 Å². The molecule has 0 saturated heterocycles. The third kappa shape index (κ3) is 23.5. The van der Waals surface area contributed by atoms with E-state index in [2.05, 4.69) is 26.6 Å². The molecule has 0 aliphatic rings. The molecule has 9 nitrogen and oxygen atoms in total. The first-order valence-electron chi connectivity index (χ1n) is 18.5. The molecule has 52 heavy (non-hydrogen) atoms. The molecule has 298 valence electrons.